The molecule has 0 amide bonds. The van der Waals surface area contributed by atoms with Crippen molar-refractivity contribution in [2.45, 2.75) is 12.1 Å². The smallest absolute Gasteiger partial charge is 0.0227 e. The maximum Gasteiger partial charge on any atom is 0.0227 e. The van der Waals surface area contributed by atoms with Crippen LogP contribution in [0, 0.1) is 0 Å². The second-order valence-electron chi connectivity index (χ2n) is 1.81. The van der Waals surface area contributed by atoms with Crippen LogP contribution >= 0.6 is 0 Å². The van der Waals surface area contributed by atoms with E-state index in [0.29, 0.717) is 9.52 Å². The van der Waals surface area contributed by atoms with Gasteiger partial charge in [-0.25, -0.2) is 0 Å². The molecule has 1 N–H and O–H groups in total. The van der Waals surface area contributed by atoms with Gasteiger partial charge in [0.25, 0.3) is 0 Å². The van der Waals surface area contributed by atoms with Gasteiger partial charge in [-0.1, -0.05) is 12.1 Å². The van der Waals surface area contributed by atoms with E-state index in [-0.39, 0.29) is 0 Å². The Morgan fingerprint density at radius 3 is 2.00 bits per heavy atom. The van der Waals surface area contributed by atoms with Crippen LogP contribution in [-0.4, -0.2) is 22.6 Å². The van der Waals surface area contributed by atoms with Gasteiger partial charge in [-0.2, -0.15) is 0 Å². The van der Waals surface area contributed by atoms with Crippen molar-refractivity contribution in [3.05, 3.63) is 0 Å². The summed E-state index contributed by atoms with van der Waals surface area (Å²) in [7, 11) is 0.446. The lowest BCUT2D eigenvalue weighted by molar-refractivity contribution is 0.730. The third-order valence-corrected chi connectivity index (χ3v) is 2.91. The summed E-state index contributed by atoms with van der Waals surface area (Å²) < 4.78 is 0. The van der Waals surface area contributed by atoms with Gasteiger partial charge in [-0.15, -0.1) is 0 Å². The molecule has 0 bridgehead atoms. The van der Waals surface area contributed by atoms with Gasteiger partial charge in [-0.05, 0) is 13.1 Å². The molecular weight excluding hydrogens is 90.1 g/mol. The molecule has 0 spiro atoms. The minimum Gasteiger partial charge on any atom is -0.317 e. The summed E-state index contributed by atoms with van der Waals surface area (Å²) in [5.41, 5.74) is 0. The van der Waals surface area contributed by atoms with E-state index < -0.39 is 0 Å². The Bertz CT molecular complexity index is 23.0. The molecule has 1 saturated heterocycles. The molecule has 1 aliphatic heterocycles. The molecule has 0 aromatic carbocycles. The first kappa shape index (κ1) is 4.34. The summed E-state index contributed by atoms with van der Waals surface area (Å²) in [5.74, 6) is 0. The second kappa shape index (κ2) is 2.37. The van der Waals surface area contributed by atoms with Crippen LogP contribution in [0.2, 0.25) is 12.1 Å². The largest absolute Gasteiger partial charge is 0.317 e. The molecule has 1 nitrogen and oxygen atoms in total. The lowest BCUT2D eigenvalue weighted by Crippen LogP contribution is -2.24. The van der Waals surface area contributed by atoms with Crippen molar-refractivity contribution >= 4 is 9.52 Å². The number of hydrogen-bond acceptors (Lipinski definition) is 1. The van der Waals surface area contributed by atoms with Gasteiger partial charge in [0.1, 0.15) is 0 Å². The SMILES string of the molecule is C1C[SiH2]CCN1. The first-order valence-corrected chi connectivity index (χ1v) is 4.71. The fraction of sp³-hybridized carbons (Fsp3) is 1.00. The minimum absolute atomic E-state index is 0.446. The highest BCUT2D eigenvalue weighted by Crippen LogP contribution is 1.87. The maximum atomic E-state index is 3.32. The zero-order chi connectivity index (χ0) is 4.24. The van der Waals surface area contributed by atoms with Crippen LogP contribution in [-0.2, 0) is 0 Å². The molecule has 1 rings (SSSR count). The van der Waals surface area contributed by atoms with E-state index in [4.69, 9.17) is 0 Å². The van der Waals surface area contributed by atoms with Crippen LogP contribution in [0.5, 0.6) is 0 Å². The fourth-order valence-electron chi connectivity index (χ4n) is 0.802. The van der Waals surface area contributed by atoms with Crippen molar-refractivity contribution in [3.8, 4) is 0 Å². The van der Waals surface area contributed by atoms with Gasteiger partial charge in [0.15, 0.2) is 0 Å². The maximum absolute atomic E-state index is 3.32. The van der Waals surface area contributed by atoms with Crippen molar-refractivity contribution < 1.29 is 0 Å². The Morgan fingerprint density at radius 2 is 1.83 bits per heavy atom. The summed E-state index contributed by atoms with van der Waals surface area (Å²) >= 11 is 0. The van der Waals surface area contributed by atoms with Crippen molar-refractivity contribution in [2.24, 2.45) is 0 Å². The Labute approximate surface area is 41.0 Å². The Morgan fingerprint density at radius 1 is 1.17 bits per heavy atom. The third-order valence-electron chi connectivity index (χ3n) is 1.21. The molecule has 2 heteroatoms. The quantitative estimate of drug-likeness (QED) is 0.409. The van der Waals surface area contributed by atoms with E-state index in [1.54, 1.807) is 0 Å². The molecule has 1 aliphatic rings. The molecule has 6 heavy (non-hydrogen) atoms. The van der Waals surface area contributed by atoms with Crippen LogP contribution < -0.4 is 5.32 Å². The Kier molecular flexibility index (Phi) is 1.71. The summed E-state index contributed by atoms with van der Waals surface area (Å²) in [6.07, 6.45) is 0. The first-order valence-electron chi connectivity index (χ1n) is 2.71. The highest BCUT2D eigenvalue weighted by Gasteiger charge is 1.94. The van der Waals surface area contributed by atoms with Crippen LogP contribution in [0.15, 0.2) is 0 Å². The summed E-state index contributed by atoms with van der Waals surface area (Å²) in [5, 5.41) is 3.32. The van der Waals surface area contributed by atoms with E-state index in [2.05, 4.69) is 5.32 Å². The normalized spacial score (nSPS) is 24.0. The van der Waals surface area contributed by atoms with Gasteiger partial charge >= 0.3 is 0 Å². The molecule has 0 radical (unpaired) electrons. The first-order chi connectivity index (χ1) is 3.00. The van der Waals surface area contributed by atoms with Crippen molar-refractivity contribution in [2.75, 3.05) is 13.1 Å². The highest BCUT2D eigenvalue weighted by atomic mass is 28.2. The van der Waals surface area contributed by atoms with Crippen molar-refractivity contribution in [1.82, 2.24) is 5.32 Å². The molecule has 1 fully saturated rings. The summed E-state index contributed by atoms with van der Waals surface area (Å²) in [6, 6.07) is 3.06. The summed E-state index contributed by atoms with van der Waals surface area (Å²) in [6.45, 7) is 2.62. The molecule has 36 valence electrons. The van der Waals surface area contributed by atoms with Crippen LogP contribution in [0.3, 0.4) is 0 Å². The Balaban J connectivity index is 2.00. The van der Waals surface area contributed by atoms with Crippen LogP contribution in [0.25, 0.3) is 0 Å². The standard InChI is InChI=1S/C4H11NSi/c1-3-6-4-2-5-1/h5H,1-4,6H2. The molecule has 1 heterocycles. The van der Waals surface area contributed by atoms with E-state index in [1.807, 2.05) is 0 Å². The van der Waals surface area contributed by atoms with Crippen molar-refractivity contribution in [1.29, 1.82) is 0 Å². The monoisotopic (exact) mass is 101 g/mol. The lowest BCUT2D eigenvalue weighted by Gasteiger charge is -2.08. The van der Waals surface area contributed by atoms with Crippen molar-refractivity contribution in [3.63, 3.8) is 0 Å². The van der Waals surface area contributed by atoms with Gasteiger partial charge in [0.05, 0.1) is 0 Å². The number of nitrogens with one attached hydrogen (secondary N) is 1. The second-order valence-corrected chi connectivity index (χ2v) is 3.93. The predicted octanol–water partition coefficient (Wildman–Crippen LogP) is -0.405. The van der Waals surface area contributed by atoms with E-state index >= 15 is 0 Å². The highest BCUT2D eigenvalue weighted by molar-refractivity contribution is 6.35. The number of hydrogen-bond donors (Lipinski definition) is 1. The fourth-order valence-corrected chi connectivity index (χ4v) is 2.16. The third kappa shape index (κ3) is 1.10. The molecule has 0 atom stereocenters. The average Bonchev–Trinajstić information content (AvgIpc) is 1.72. The lowest BCUT2D eigenvalue weighted by atomic mass is 10.6. The topological polar surface area (TPSA) is 12.0 Å². The molecule has 0 aromatic rings. The van der Waals surface area contributed by atoms with E-state index in [0.717, 1.165) is 0 Å². The minimum atomic E-state index is 0.446. The van der Waals surface area contributed by atoms with Gasteiger partial charge in [0.2, 0.25) is 0 Å². The molecular formula is C4H11NSi. The van der Waals surface area contributed by atoms with Gasteiger partial charge < -0.3 is 5.32 Å². The van der Waals surface area contributed by atoms with Gasteiger partial charge in [0, 0.05) is 9.52 Å². The van der Waals surface area contributed by atoms with Crippen LogP contribution in [0.1, 0.15) is 0 Å². The van der Waals surface area contributed by atoms with E-state index in [1.165, 1.54) is 25.2 Å². The average molecular weight is 101 g/mol. The molecule has 0 unspecified atom stereocenters. The zero-order valence-corrected chi connectivity index (χ0v) is 5.45. The van der Waals surface area contributed by atoms with Crippen LogP contribution in [0.4, 0.5) is 0 Å². The predicted molar refractivity (Wildman–Crippen MR) is 31.0 cm³/mol. The molecule has 0 aromatic heterocycles. The molecule has 0 aliphatic carbocycles. The number of rotatable bonds is 0. The molecule has 0 saturated carbocycles. The summed E-state index contributed by atoms with van der Waals surface area (Å²) in [4.78, 5) is 0. The van der Waals surface area contributed by atoms with Gasteiger partial charge in [-0.3, -0.25) is 0 Å². The van der Waals surface area contributed by atoms with E-state index in [9.17, 15) is 0 Å². The zero-order valence-electron chi connectivity index (χ0n) is 4.04. The Hall–Kier alpha value is 0.177.